The summed E-state index contributed by atoms with van der Waals surface area (Å²) < 4.78 is 2.50. The second-order valence-electron chi connectivity index (χ2n) is 8.05. The number of nitriles is 1. The van der Waals surface area contributed by atoms with Crippen molar-refractivity contribution in [2.45, 2.75) is 40.3 Å². The molecule has 2 N–H and O–H groups in total. The summed E-state index contributed by atoms with van der Waals surface area (Å²) in [6.07, 6.45) is 1.46. The lowest BCUT2D eigenvalue weighted by Crippen LogP contribution is -2.40. The van der Waals surface area contributed by atoms with Crippen LogP contribution < -0.4 is 21.9 Å². The molecule has 0 aliphatic heterocycles. The van der Waals surface area contributed by atoms with Crippen LogP contribution in [-0.4, -0.2) is 32.5 Å². The van der Waals surface area contributed by atoms with Gasteiger partial charge in [0.1, 0.15) is 11.7 Å². The zero-order valence-corrected chi connectivity index (χ0v) is 20.3. The fourth-order valence-electron chi connectivity index (χ4n) is 3.64. The van der Waals surface area contributed by atoms with Crippen molar-refractivity contribution in [2.24, 2.45) is 5.92 Å². The van der Waals surface area contributed by atoms with Crippen molar-refractivity contribution in [1.29, 1.82) is 5.26 Å². The first kappa shape index (κ1) is 25.6. The van der Waals surface area contributed by atoms with Crippen LogP contribution in [0.15, 0.2) is 40.1 Å². The highest BCUT2D eigenvalue weighted by Gasteiger charge is 2.17. The summed E-state index contributed by atoms with van der Waals surface area (Å²) >= 11 is 5.99. The fourth-order valence-corrected chi connectivity index (χ4v) is 3.86. The monoisotopic (exact) mass is 496 g/mol. The summed E-state index contributed by atoms with van der Waals surface area (Å²) in [4.78, 5) is 54.4. The van der Waals surface area contributed by atoms with Crippen molar-refractivity contribution < 1.29 is 9.59 Å². The van der Waals surface area contributed by atoms with Crippen molar-refractivity contribution in [3.05, 3.63) is 67.4 Å². The van der Waals surface area contributed by atoms with Gasteiger partial charge in [-0.25, -0.2) is 9.78 Å². The van der Waals surface area contributed by atoms with Gasteiger partial charge in [-0.3, -0.25) is 23.5 Å². The number of aromatic nitrogens is 3. The van der Waals surface area contributed by atoms with E-state index in [0.29, 0.717) is 17.8 Å². The Morgan fingerprint density at radius 3 is 2.51 bits per heavy atom. The number of hydrogen-bond acceptors (Lipinski definition) is 6. The molecule has 2 aromatic heterocycles. The summed E-state index contributed by atoms with van der Waals surface area (Å²) in [6.45, 7) is 6.05. The van der Waals surface area contributed by atoms with Crippen molar-refractivity contribution in [1.82, 2.24) is 19.4 Å². The molecule has 0 aliphatic carbocycles. The molecule has 3 aromatic rings. The van der Waals surface area contributed by atoms with Crippen LogP contribution in [0.4, 0.5) is 5.69 Å². The van der Waals surface area contributed by atoms with E-state index in [1.807, 2.05) is 13.0 Å². The Bertz CT molecular complexity index is 1450. The normalized spacial score (nSPS) is 11.6. The van der Waals surface area contributed by atoms with Crippen molar-refractivity contribution in [3.8, 4) is 6.07 Å². The second kappa shape index (κ2) is 11.0. The molecule has 182 valence electrons. The molecule has 1 atom stereocenters. The first-order valence-electron chi connectivity index (χ1n) is 11.1. The van der Waals surface area contributed by atoms with Gasteiger partial charge in [0.25, 0.3) is 11.5 Å². The minimum atomic E-state index is -0.493. The molecule has 0 fully saturated rings. The third-order valence-corrected chi connectivity index (χ3v) is 5.79. The number of nitrogens with one attached hydrogen (secondary N) is 2. The van der Waals surface area contributed by atoms with Crippen LogP contribution in [0.2, 0.25) is 5.02 Å². The van der Waals surface area contributed by atoms with Gasteiger partial charge in [-0.05, 0) is 44.0 Å². The van der Waals surface area contributed by atoms with Gasteiger partial charge in [-0.2, -0.15) is 5.26 Å². The molecule has 0 saturated carbocycles. The van der Waals surface area contributed by atoms with E-state index in [9.17, 15) is 19.2 Å². The number of fused-ring (bicyclic) bond motifs is 1. The van der Waals surface area contributed by atoms with E-state index in [2.05, 4.69) is 15.6 Å². The van der Waals surface area contributed by atoms with Crippen molar-refractivity contribution >= 4 is 40.1 Å². The predicted octanol–water partition coefficient (Wildman–Crippen LogP) is 2.52. The number of carbonyl (C=O) groups excluding carboxylic acids is 2. The SMILES string of the molecule is CCn1c(=O)c2cc(C(=O)NCC(C)CC(=O)Nc3ccc(C#N)c(Cl)c3)cnc2n(CC)c1=O. The average Bonchev–Trinajstić information content (AvgIpc) is 2.83. The van der Waals surface area contributed by atoms with E-state index in [1.54, 1.807) is 19.9 Å². The largest absolute Gasteiger partial charge is 0.352 e. The van der Waals surface area contributed by atoms with Gasteiger partial charge in [-0.1, -0.05) is 18.5 Å². The van der Waals surface area contributed by atoms with Crippen LogP contribution in [0.3, 0.4) is 0 Å². The third kappa shape index (κ3) is 5.58. The van der Waals surface area contributed by atoms with Gasteiger partial charge in [0.15, 0.2) is 0 Å². The number of nitrogens with zero attached hydrogens (tertiary/aromatic N) is 4. The van der Waals surface area contributed by atoms with Gasteiger partial charge < -0.3 is 10.6 Å². The molecule has 2 amide bonds. The van der Waals surface area contributed by atoms with Crippen LogP contribution in [0, 0.1) is 17.2 Å². The zero-order valence-electron chi connectivity index (χ0n) is 19.6. The maximum Gasteiger partial charge on any atom is 0.332 e. The predicted molar refractivity (Wildman–Crippen MR) is 133 cm³/mol. The molecule has 11 heteroatoms. The van der Waals surface area contributed by atoms with E-state index >= 15 is 0 Å². The molecule has 0 spiro atoms. The molecule has 0 saturated heterocycles. The molecular formula is C24H25ClN6O4. The number of pyridine rings is 1. The lowest BCUT2D eigenvalue weighted by Gasteiger charge is -2.14. The molecule has 2 heterocycles. The van der Waals surface area contributed by atoms with E-state index in [4.69, 9.17) is 16.9 Å². The summed E-state index contributed by atoms with van der Waals surface area (Å²) in [5.74, 6) is -0.899. The molecule has 0 bridgehead atoms. The topological polar surface area (TPSA) is 139 Å². The number of hydrogen-bond donors (Lipinski definition) is 2. The Balaban J connectivity index is 1.66. The molecule has 10 nitrogen and oxygen atoms in total. The molecular weight excluding hydrogens is 472 g/mol. The molecule has 0 radical (unpaired) electrons. The van der Waals surface area contributed by atoms with E-state index < -0.39 is 17.2 Å². The maximum absolute atomic E-state index is 12.7. The van der Waals surface area contributed by atoms with Crippen LogP contribution in [0.5, 0.6) is 0 Å². The number of aryl methyl sites for hydroxylation is 1. The standard InChI is InChI=1S/C24H25ClN6O4/c1-4-30-21-18(23(34)31(5-2)24(30)35)9-16(13-27-21)22(33)28-12-14(3)8-20(32)29-17-7-6-15(11-26)19(25)10-17/h6-7,9-10,13-14H,4-5,8,12H2,1-3H3,(H,28,33)(H,29,32). The summed E-state index contributed by atoms with van der Waals surface area (Å²) in [7, 11) is 0. The average molecular weight is 497 g/mol. The van der Waals surface area contributed by atoms with Gasteiger partial charge in [0, 0.05) is 37.9 Å². The Kier molecular flexibility index (Phi) is 8.04. The van der Waals surface area contributed by atoms with Crippen molar-refractivity contribution in [3.63, 3.8) is 0 Å². The highest BCUT2D eigenvalue weighted by molar-refractivity contribution is 6.32. The lowest BCUT2D eigenvalue weighted by atomic mass is 10.1. The number of rotatable bonds is 8. The maximum atomic E-state index is 12.7. The van der Waals surface area contributed by atoms with Gasteiger partial charge in [0.2, 0.25) is 5.91 Å². The highest BCUT2D eigenvalue weighted by atomic mass is 35.5. The van der Waals surface area contributed by atoms with Crippen LogP contribution in [0.25, 0.3) is 11.0 Å². The van der Waals surface area contributed by atoms with Crippen molar-refractivity contribution in [2.75, 3.05) is 11.9 Å². The molecule has 1 unspecified atom stereocenters. The third-order valence-electron chi connectivity index (χ3n) is 5.47. The molecule has 1 aromatic carbocycles. The van der Waals surface area contributed by atoms with Gasteiger partial charge in [0.05, 0.1) is 21.5 Å². The van der Waals surface area contributed by atoms with Crippen LogP contribution >= 0.6 is 11.6 Å². The number of carbonyl (C=O) groups is 2. The molecule has 0 aliphatic rings. The Morgan fingerprint density at radius 1 is 1.17 bits per heavy atom. The zero-order chi connectivity index (χ0) is 25.7. The molecule has 35 heavy (non-hydrogen) atoms. The summed E-state index contributed by atoms with van der Waals surface area (Å²) in [5.41, 5.74) is 0.273. The minimum Gasteiger partial charge on any atom is -0.352 e. The van der Waals surface area contributed by atoms with Gasteiger partial charge in [-0.15, -0.1) is 0 Å². The summed E-state index contributed by atoms with van der Waals surface area (Å²) in [5, 5.41) is 14.8. The number of halogens is 1. The Hall–Kier alpha value is -3.97. The highest BCUT2D eigenvalue weighted by Crippen LogP contribution is 2.20. The first-order chi connectivity index (χ1) is 16.7. The van der Waals surface area contributed by atoms with E-state index in [1.165, 1.54) is 29.0 Å². The van der Waals surface area contributed by atoms with E-state index in [-0.39, 0.29) is 53.0 Å². The Labute approximate surface area is 206 Å². The number of anilines is 1. The fraction of sp³-hybridized carbons (Fsp3) is 0.333. The summed E-state index contributed by atoms with van der Waals surface area (Å²) in [6, 6.07) is 8.00. The smallest absolute Gasteiger partial charge is 0.332 e. The van der Waals surface area contributed by atoms with E-state index in [0.717, 1.165) is 4.57 Å². The molecule has 3 rings (SSSR count). The van der Waals surface area contributed by atoms with Crippen LogP contribution in [0.1, 0.15) is 43.1 Å². The number of benzene rings is 1. The second-order valence-corrected chi connectivity index (χ2v) is 8.45. The quantitative estimate of drug-likeness (QED) is 0.491. The minimum absolute atomic E-state index is 0.137. The Morgan fingerprint density at radius 2 is 1.89 bits per heavy atom. The first-order valence-corrected chi connectivity index (χ1v) is 11.5. The van der Waals surface area contributed by atoms with Gasteiger partial charge >= 0.3 is 5.69 Å². The lowest BCUT2D eigenvalue weighted by molar-refractivity contribution is -0.116. The van der Waals surface area contributed by atoms with Crippen LogP contribution in [-0.2, 0) is 17.9 Å². The number of amides is 2.